The van der Waals surface area contributed by atoms with Gasteiger partial charge in [-0.25, -0.2) is 4.68 Å². The molecule has 33 heavy (non-hydrogen) atoms. The molecule has 8 heteroatoms. The molecule has 5 aromatic rings. The van der Waals surface area contributed by atoms with Crippen LogP contribution in [0.25, 0.3) is 27.6 Å². The zero-order chi connectivity index (χ0) is 22.9. The van der Waals surface area contributed by atoms with Gasteiger partial charge in [0.05, 0.1) is 16.4 Å². The van der Waals surface area contributed by atoms with Crippen molar-refractivity contribution >= 4 is 46.1 Å². The van der Waals surface area contributed by atoms with Crippen molar-refractivity contribution in [1.29, 1.82) is 0 Å². The van der Waals surface area contributed by atoms with Crippen LogP contribution in [0.15, 0.2) is 72.8 Å². The molecule has 0 atom stereocenters. The summed E-state index contributed by atoms with van der Waals surface area (Å²) in [6, 6.07) is 23.3. The van der Waals surface area contributed by atoms with Crippen molar-refractivity contribution in [2.24, 2.45) is 0 Å². The van der Waals surface area contributed by atoms with Crippen LogP contribution in [-0.4, -0.2) is 20.0 Å². The maximum Gasteiger partial charge on any atom is 0.168 e. The number of hydrogen-bond donors (Lipinski definition) is 0. The van der Waals surface area contributed by atoms with Crippen LogP contribution in [-0.2, 0) is 6.42 Å². The third kappa shape index (κ3) is 4.55. The molecule has 0 aliphatic heterocycles. The summed E-state index contributed by atoms with van der Waals surface area (Å²) in [5, 5.41) is 17.2. The lowest BCUT2D eigenvalue weighted by Gasteiger charge is -2.11. The second-order valence-electron chi connectivity index (χ2n) is 7.50. The van der Waals surface area contributed by atoms with Crippen LogP contribution in [0.4, 0.5) is 0 Å². The molecule has 2 aromatic heterocycles. The first-order chi connectivity index (χ1) is 16.0. The minimum atomic E-state index is 0.508. The second-order valence-corrected chi connectivity index (χ2v) is 9.84. The van der Waals surface area contributed by atoms with Gasteiger partial charge in [-0.15, -0.1) is 10.2 Å². The van der Waals surface area contributed by atoms with Gasteiger partial charge in [-0.1, -0.05) is 88.6 Å². The molecule has 4 nitrogen and oxygen atoms in total. The van der Waals surface area contributed by atoms with Crippen LogP contribution >= 0.6 is 46.1 Å². The fourth-order valence-electron chi connectivity index (χ4n) is 3.66. The molecule has 0 aliphatic rings. The van der Waals surface area contributed by atoms with E-state index in [-0.39, 0.29) is 0 Å². The van der Waals surface area contributed by atoms with E-state index >= 15 is 0 Å². The van der Waals surface area contributed by atoms with E-state index in [2.05, 4.69) is 22.3 Å². The summed E-state index contributed by atoms with van der Waals surface area (Å²) in [5.41, 5.74) is 5.54. The van der Waals surface area contributed by atoms with Crippen molar-refractivity contribution in [2.45, 2.75) is 13.3 Å². The summed E-state index contributed by atoms with van der Waals surface area (Å²) in [6.45, 7) is 2.03. The molecule has 0 amide bonds. The molecule has 0 bridgehead atoms. The lowest BCUT2D eigenvalue weighted by molar-refractivity contribution is 0.888. The smallest absolute Gasteiger partial charge is 0.168 e. The van der Waals surface area contributed by atoms with Crippen LogP contribution in [0, 0.1) is 6.92 Å². The van der Waals surface area contributed by atoms with Crippen LogP contribution in [0.1, 0.15) is 16.1 Å². The fraction of sp³-hybridized carbons (Fsp3) is 0.0800. The van der Waals surface area contributed by atoms with Gasteiger partial charge < -0.3 is 0 Å². The van der Waals surface area contributed by atoms with Crippen LogP contribution in [0.2, 0.25) is 15.1 Å². The Morgan fingerprint density at radius 2 is 1.58 bits per heavy atom. The first kappa shape index (κ1) is 22.1. The summed E-state index contributed by atoms with van der Waals surface area (Å²) < 4.78 is 1.84. The molecule has 0 aliphatic carbocycles. The molecule has 3 aromatic carbocycles. The Hall–Kier alpha value is -2.70. The Morgan fingerprint density at radius 1 is 0.848 bits per heavy atom. The minimum Gasteiger partial charge on any atom is -0.231 e. The van der Waals surface area contributed by atoms with E-state index in [4.69, 9.17) is 39.9 Å². The number of halogens is 3. The number of hydrogen-bond acceptors (Lipinski definition) is 4. The van der Waals surface area contributed by atoms with E-state index in [0.717, 1.165) is 44.6 Å². The summed E-state index contributed by atoms with van der Waals surface area (Å²) >= 11 is 20.4. The predicted molar refractivity (Wildman–Crippen MR) is 137 cm³/mol. The summed E-state index contributed by atoms with van der Waals surface area (Å²) in [7, 11) is 0. The topological polar surface area (TPSA) is 43.6 Å². The Bertz CT molecular complexity index is 1430. The van der Waals surface area contributed by atoms with E-state index in [1.807, 2.05) is 60.1 Å². The number of nitrogens with zero attached hydrogens (tertiary/aromatic N) is 4. The molecule has 0 N–H and O–H groups in total. The van der Waals surface area contributed by atoms with Crippen molar-refractivity contribution in [3.05, 3.63) is 104 Å². The van der Waals surface area contributed by atoms with Gasteiger partial charge in [-0.2, -0.15) is 5.10 Å². The van der Waals surface area contributed by atoms with Crippen LogP contribution in [0.5, 0.6) is 0 Å². The highest BCUT2D eigenvalue weighted by Gasteiger charge is 2.22. The molecule has 0 saturated heterocycles. The third-order valence-corrected chi connectivity index (χ3v) is 6.97. The molecular formula is C25H17Cl3N4S. The molecule has 2 heterocycles. The zero-order valence-electron chi connectivity index (χ0n) is 17.5. The van der Waals surface area contributed by atoms with Crippen molar-refractivity contribution in [1.82, 2.24) is 20.0 Å². The standard InChI is InChI=1S/C25H17Cl3N4S/c1-15-23(25-30-29-22(33-25)13-16-5-3-2-4-6-16)31-32(21-12-11-19(27)14-20(21)28)24(15)17-7-9-18(26)10-8-17/h2-12,14H,13H2,1H3. The average molecular weight is 512 g/mol. The highest BCUT2D eigenvalue weighted by Crippen LogP contribution is 2.37. The van der Waals surface area contributed by atoms with Crippen molar-refractivity contribution < 1.29 is 0 Å². The van der Waals surface area contributed by atoms with Crippen molar-refractivity contribution in [3.63, 3.8) is 0 Å². The van der Waals surface area contributed by atoms with Gasteiger partial charge in [0, 0.05) is 27.6 Å². The Morgan fingerprint density at radius 3 is 2.30 bits per heavy atom. The number of rotatable bonds is 5. The van der Waals surface area contributed by atoms with Gasteiger partial charge in [0.2, 0.25) is 0 Å². The highest BCUT2D eigenvalue weighted by molar-refractivity contribution is 7.14. The molecule has 164 valence electrons. The van der Waals surface area contributed by atoms with Crippen molar-refractivity contribution in [2.75, 3.05) is 0 Å². The quantitative estimate of drug-likeness (QED) is 0.241. The Kier molecular flexibility index (Phi) is 6.21. The van der Waals surface area contributed by atoms with Crippen molar-refractivity contribution in [3.8, 4) is 27.6 Å². The SMILES string of the molecule is Cc1c(-c2nnc(Cc3ccccc3)s2)nn(-c2ccc(Cl)cc2Cl)c1-c1ccc(Cl)cc1. The van der Waals surface area contributed by atoms with E-state index < -0.39 is 0 Å². The van der Waals surface area contributed by atoms with Gasteiger partial charge >= 0.3 is 0 Å². The van der Waals surface area contributed by atoms with Gasteiger partial charge in [-0.05, 0) is 42.8 Å². The summed E-state index contributed by atoms with van der Waals surface area (Å²) in [5.74, 6) is 0. The molecular weight excluding hydrogens is 495 g/mol. The normalized spacial score (nSPS) is 11.2. The minimum absolute atomic E-state index is 0.508. The molecule has 5 rings (SSSR count). The lowest BCUT2D eigenvalue weighted by Crippen LogP contribution is -2.00. The Labute approximate surface area is 210 Å². The number of aromatic nitrogens is 4. The van der Waals surface area contributed by atoms with Gasteiger partial charge in [0.25, 0.3) is 0 Å². The zero-order valence-corrected chi connectivity index (χ0v) is 20.6. The summed E-state index contributed by atoms with van der Waals surface area (Å²) in [6.07, 6.45) is 0.727. The average Bonchev–Trinajstić information content (AvgIpc) is 3.39. The molecule has 0 saturated carbocycles. The number of benzene rings is 3. The van der Waals surface area contributed by atoms with E-state index in [1.54, 1.807) is 23.5 Å². The predicted octanol–water partition coefficient (Wildman–Crippen LogP) is 7.92. The first-order valence-electron chi connectivity index (χ1n) is 10.2. The van der Waals surface area contributed by atoms with E-state index in [0.29, 0.717) is 15.1 Å². The van der Waals surface area contributed by atoms with Gasteiger partial charge in [0.15, 0.2) is 5.01 Å². The van der Waals surface area contributed by atoms with Gasteiger partial charge in [-0.3, -0.25) is 0 Å². The maximum absolute atomic E-state index is 6.56. The van der Waals surface area contributed by atoms with E-state index in [1.165, 1.54) is 5.56 Å². The lowest BCUT2D eigenvalue weighted by atomic mass is 10.1. The van der Waals surface area contributed by atoms with Gasteiger partial charge in [0.1, 0.15) is 10.7 Å². The Balaban J connectivity index is 1.63. The highest BCUT2D eigenvalue weighted by atomic mass is 35.5. The molecule has 0 fully saturated rings. The summed E-state index contributed by atoms with van der Waals surface area (Å²) in [4.78, 5) is 0. The second kappa shape index (κ2) is 9.27. The monoisotopic (exact) mass is 510 g/mol. The third-order valence-electron chi connectivity index (χ3n) is 5.25. The van der Waals surface area contributed by atoms with Crippen LogP contribution in [0.3, 0.4) is 0 Å². The van der Waals surface area contributed by atoms with E-state index in [9.17, 15) is 0 Å². The van der Waals surface area contributed by atoms with Crippen LogP contribution < -0.4 is 0 Å². The fourth-order valence-corrected chi connectivity index (χ4v) is 5.19. The first-order valence-corrected chi connectivity index (χ1v) is 12.1. The molecule has 0 radical (unpaired) electrons. The maximum atomic E-state index is 6.56. The largest absolute Gasteiger partial charge is 0.231 e. The molecule has 0 unspecified atom stereocenters. The molecule has 0 spiro atoms.